The summed E-state index contributed by atoms with van der Waals surface area (Å²) in [5, 5.41) is 19.6. The van der Waals surface area contributed by atoms with E-state index in [-0.39, 0.29) is 70.1 Å². The van der Waals surface area contributed by atoms with Crippen LogP contribution in [0.5, 0.6) is 11.5 Å². The lowest BCUT2D eigenvalue weighted by Crippen LogP contribution is -2.56. The summed E-state index contributed by atoms with van der Waals surface area (Å²) in [6.07, 6.45) is -0.0742. The van der Waals surface area contributed by atoms with E-state index in [0.717, 1.165) is 4.90 Å². The number of nitrogens with two attached hydrogens (primary N) is 3. The van der Waals surface area contributed by atoms with Crippen LogP contribution in [-0.4, -0.2) is 121 Å². The van der Waals surface area contributed by atoms with E-state index in [2.05, 4.69) is 26.0 Å². The molecule has 290 valence electrons. The van der Waals surface area contributed by atoms with Gasteiger partial charge in [0.2, 0.25) is 33.7 Å². The van der Waals surface area contributed by atoms with Gasteiger partial charge >= 0.3 is 0 Å². The van der Waals surface area contributed by atoms with Crippen LogP contribution in [0, 0.1) is 11.3 Å². The second kappa shape index (κ2) is 20.4. The van der Waals surface area contributed by atoms with Gasteiger partial charge in [-0.3, -0.25) is 19.2 Å². The first-order valence-corrected chi connectivity index (χ1v) is 18.8. The monoisotopic (exact) mass is 758 g/mol. The Balaban J connectivity index is 2.28. The van der Waals surface area contributed by atoms with Crippen molar-refractivity contribution in [1.82, 2.24) is 30.9 Å². The van der Waals surface area contributed by atoms with Gasteiger partial charge in [-0.2, -0.15) is 5.26 Å². The first kappa shape index (κ1) is 42.6. The van der Waals surface area contributed by atoms with Crippen molar-refractivity contribution in [2.24, 2.45) is 17.2 Å². The van der Waals surface area contributed by atoms with E-state index in [0.29, 0.717) is 28.2 Å². The predicted octanol–water partition coefficient (Wildman–Crippen LogP) is -2.43. The molecule has 0 aromatic heterocycles. The smallest absolute Gasteiger partial charge is 0.248 e. The van der Waals surface area contributed by atoms with Gasteiger partial charge in [0.1, 0.15) is 55.4 Å². The molecule has 2 aromatic carbocycles. The molecule has 4 amide bonds. The van der Waals surface area contributed by atoms with Gasteiger partial charge in [0, 0.05) is 44.2 Å². The van der Waals surface area contributed by atoms with E-state index in [1.807, 2.05) is 6.07 Å². The lowest BCUT2D eigenvalue weighted by atomic mass is 9.93. The van der Waals surface area contributed by atoms with Crippen molar-refractivity contribution in [1.29, 1.82) is 5.26 Å². The molecule has 19 heteroatoms. The van der Waals surface area contributed by atoms with Gasteiger partial charge in [-0.25, -0.2) is 13.1 Å². The Bertz CT molecular complexity index is 1750. The Hall–Kier alpha value is -4.84. The quantitative estimate of drug-likeness (QED) is 0.0780. The molecule has 0 radical (unpaired) electrons. The zero-order chi connectivity index (χ0) is 39.1. The first-order valence-electron chi connectivity index (χ1n) is 17.1. The van der Waals surface area contributed by atoms with E-state index in [9.17, 15) is 27.6 Å². The summed E-state index contributed by atoms with van der Waals surface area (Å²) in [7, 11) is -1.01. The van der Waals surface area contributed by atoms with Crippen LogP contribution in [0.2, 0.25) is 0 Å². The van der Waals surface area contributed by atoms with Crippen molar-refractivity contribution < 1.29 is 37.1 Å². The fourth-order valence-corrected chi connectivity index (χ4v) is 6.86. The van der Waals surface area contributed by atoms with Crippen molar-refractivity contribution in [3.63, 3.8) is 0 Å². The summed E-state index contributed by atoms with van der Waals surface area (Å²) in [4.78, 5) is 56.1. The second-order valence-electron chi connectivity index (χ2n) is 12.3. The Morgan fingerprint density at radius 1 is 1.00 bits per heavy atom. The number of nitrogens with one attached hydrogen (secondary N) is 5. The fraction of sp³-hybridized carbons (Fsp3) is 0.500. The molecule has 4 bridgehead atoms. The summed E-state index contributed by atoms with van der Waals surface area (Å²) < 4.78 is 40.1. The minimum atomic E-state index is -3.94. The highest BCUT2D eigenvalue weighted by molar-refractivity contribution is 7.89. The van der Waals surface area contributed by atoms with E-state index in [4.69, 9.17) is 31.9 Å². The Kier molecular flexibility index (Phi) is 16.4. The molecular formula is C34H50N10O8S. The van der Waals surface area contributed by atoms with Crippen molar-refractivity contribution in [2.45, 2.75) is 43.9 Å². The van der Waals surface area contributed by atoms with Crippen LogP contribution in [0.3, 0.4) is 0 Å². The third-order valence-corrected chi connectivity index (χ3v) is 9.64. The van der Waals surface area contributed by atoms with Crippen LogP contribution in [0.1, 0.15) is 30.5 Å². The number of hydrogen-bond donors (Lipinski definition) is 8. The van der Waals surface area contributed by atoms with Crippen LogP contribution in [-0.2, 0) is 35.6 Å². The maximum absolute atomic E-state index is 14.2. The summed E-state index contributed by atoms with van der Waals surface area (Å²) in [5.74, 6) is -2.45. The number of rotatable bonds is 17. The summed E-state index contributed by atoms with van der Waals surface area (Å²) in [6.45, 7) is 1.84. The van der Waals surface area contributed by atoms with E-state index in [1.54, 1.807) is 43.4 Å². The standard InChI is InChI=1S/C34H50N10O8S/c1-21-31(45)42-27(32(46)40-13-10-36)19-22-4-6-28(51-15-11-37)24(18-22)25-20-23(5-7-29(25)52-16-12-38)30(33(47)41-21)44(3)34(48)26(8-9-35)43-53(49,50)17-14-39-2/h4-7,18,20-21,26-27,30,39,43H,8-9,11-17,19,35,37-38H2,1-3H3,(H,40,46)(H,41,47)(H,42,45)/t21-,26-,27-,30-/m0/s1. The highest BCUT2D eigenvalue weighted by Crippen LogP contribution is 2.40. The van der Waals surface area contributed by atoms with Crippen molar-refractivity contribution >= 4 is 33.7 Å². The number of hydrogen-bond acceptors (Lipinski definition) is 13. The maximum Gasteiger partial charge on any atom is 0.248 e. The van der Waals surface area contributed by atoms with Crippen molar-refractivity contribution in [2.75, 3.05) is 65.8 Å². The number of amides is 4. The largest absolute Gasteiger partial charge is 0.492 e. The summed E-state index contributed by atoms with van der Waals surface area (Å²) >= 11 is 0. The molecule has 0 fully saturated rings. The number of fused-ring (bicyclic) bond motifs is 5. The van der Waals surface area contributed by atoms with Gasteiger partial charge < -0.3 is 52.8 Å². The molecule has 0 saturated carbocycles. The minimum absolute atomic E-state index is 0.000852. The number of carbonyl (C=O) groups excluding carboxylic acids is 4. The van der Waals surface area contributed by atoms with E-state index >= 15 is 0 Å². The molecule has 0 saturated heterocycles. The predicted molar refractivity (Wildman–Crippen MR) is 197 cm³/mol. The average molecular weight is 759 g/mol. The van der Waals surface area contributed by atoms with Crippen LogP contribution >= 0.6 is 0 Å². The number of benzene rings is 2. The van der Waals surface area contributed by atoms with Gasteiger partial charge in [-0.1, -0.05) is 12.1 Å². The number of carbonyl (C=O) groups is 4. The zero-order valence-corrected chi connectivity index (χ0v) is 31.0. The fourth-order valence-electron chi connectivity index (χ4n) is 5.62. The van der Waals surface area contributed by atoms with Gasteiger partial charge in [-0.05, 0) is 62.3 Å². The molecule has 0 unspecified atom stereocenters. The lowest BCUT2D eigenvalue weighted by Gasteiger charge is -2.32. The Morgan fingerprint density at radius 2 is 1.64 bits per heavy atom. The van der Waals surface area contributed by atoms with Gasteiger partial charge in [0.15, 0.2) is 0 Å². The molecule has 53 heavy (non-hydrogen) atoms. The average Bonchev–Trinajstić information content (AvgIpc) is 3.13. The third kappa shape index (κ3) is 11.8. The molecule has 4 atom stereocenters. The summed E-state index contributed by atoms with van der Waals surface area (Å²) in [5.41, 5.74) is 19.1. The number of likely N-dealkylation sites (N-methyl/N-ethyl adjacent to an activating group) is 1. The number of sulfonamides is 1. The second-order valence-corrected chi connectivity index (χ2v) is 14.1. The molecule has 11 N–H and O–H groups in total. The Morgan fingerprint density at radius 3 is 2.25 bits per heavy atom. The van der Waals surface area contributed by atoms with Crippen LogP contribution in [0.4, 0.5) is 0 Å². The van der Waals surface area contributed by atoms with Gasteiger partial charge in [0.25, 0.3) is 0 Å². The van der Waals surface area contributed by atoms with Crippen LogP contribution in [0.15, 0.2) is 36.4 Å². The molecule has 0 aliphatic carbocycles. The van der Waals surface area contributed by atoms with E-state index < -0.39 is 57.8 Å². The number of nitrogens with zero attached hydrogens (tertiary/aromatic N) is 2. The summed E-state index contributed by atoms with van der Waals surface area (Å²) in [6, 6.07) is 6.69. The third-order valence-electron chi connectivity index (χ3n) is 8.25. The normalized spacial score (nSPS) is 18.0. The van der Waals surface area contributed by atoms with Crippen LogP contribution < -0.4 is 52.7 Å². The first-order chi connectivity index (χ1) is 25.3. The van der Waals surface area contributed by atoms with Gasteiger partial charge in [0.05, 0.1) is 11.8 Å². The molecule has 3 rings (SSSR count). The molecule has 18 nitrogen and oxygen atoms in total. The number of nitriles is 1. The molecule has 1 heterocycles. The molecule has 0 spiro atoms. The highest BCUT2D eigenvalue weighted by Gasteiger charge is 2.36. The molecule has 1 aliphatic rings. The molecule has 1 aliphatic heterocycles. The van der Waals surface area contributed by atoms with Crippen molar-refractivity contribution in [3.8, 4) is 28.7 Å². The molecular weight excluding hydrogens is 709 g/mol. The van der Waals surface area contributed by atoms with Crippen molar-refractivity contribution in [3.05, 3.63) is 47.5 Å². The molecule has 2 aromatic rings. The highest BCUT2D eigenvalue weighted by atomic mass is 32.2. The lowest BCUT2D eigenvalue weighted by molar-refractivity contribution is -0.141. The maximum atomic E-state index is 14.2. The van der Waals surface area contributed by atoms with E-state index in [1.165, 1.54) is 14.0 Å². The SMILES string of the molecule is CNCCS(=O)(=O)N[C@@H](CCN)C(=O)N(C)[C@@H]1C(=O)N[C@@H](C)C(=O)N[C@H](C(=O)NCC#N)Cc2ccc(OCCN)c(c2)-c2cc1ccc2OCCN. The van der Waals surface area contributed by atoms with Crippen LogP contribution in [0.25, 0.3) is 11.1 Å². The number of ether oxygens (including phenoxy) is 2. The Labute approximate surface area is 309 Å². The topological polar surface area (TPSA) is 286 Å². The zero-order valence-electron chi connectivity index (χ0n) is 30.1. The van der Waals surface area contributed by atoms with Gasteiger partial charge in [-0.15, -0.1) is 0 Å². The minimum Gasteiger partial charge on any atom is -0.492 e.